The molecule has 2 aromatic heterocycles. The van der Waals surface area contributed by atoms with Gasteiger partial charge in [0.25, 0.3) is 5.91 Å². The summed E-state index contributed by atoms with van der Waals surface area (Å²) in [6.45, 7) is -0.191. The summed E-state index contributed by atoms with van der Waals surface area (Å²) in [5, 5.41) is 14.5. The molecule has 134 valence electrons. The summed E-state index contributed by atoms with van der Waals surface area (Å²) in [6, 6.07) is 8.53. The van der Waals surface area contributed by atoms with Crippen LogP contribution < -0.4 is 15.8 Å². The van der Waals surface area contributed by atoms with Crippen LogP contribution in [0.1, 0.15) is 12.3 Å². The Hall–Kier alpha value is -3.20. The zero-order chi connectivity index (χ0) is 18.4. The molecular formula is C17H16N4O4S. The summed E-state index contributed by atoms with van der Waals surface area (Å²) in [4.78, 5) is 22.7. The lowest BCUT2D eigenvalue weighted by molar-refractivity contribution is -0.120. The maximum Gasteiger partial charge on any atom is 0.255 e. The van der Waals surface area contributed by atoms with Gasteiger partial charge < -0.3 is 20.2 Å². The molecule has 3 N–H and O–H groups in total. The number of anilines is 1. The fourth-order valence-corrected chi connectivity index (χ4v) is 2.72. The van der Waals surface area contributed by atoms with Crippen molar-refractivity contribution in [2.24, 2.45) is 5.73 Å². The van der Waals surface area contributed by atoms with E-state index in [1.165, 1.54) is 0 Å². The second-order valence-electron chi connectivity index (χ2n) is 5.34. The van der Waals surface area contributed by atoms with Gasteiger partial charge in [-0.25, -0.2) is 0 Å². The Morgan fingerprint density at radius 3 is 2.69 bits per heavy atom. The molecule has 0 aliphatic carbocycles. The van der Waals surface area contributed by atoms with E-state index in [0.29, 0.717) is 29.6 Å². The number of benzene rings is 1. The largest absolute Gasteiger partial charge is 0.484 e. The number of thiophene rings is 1. The Balaban J connectivity index is 1.47. The summed E-state index contributed by atoms with van der Waals surface area (Å²) in [5.74, 6) is 0.634. The lowest BCUT2D eigenvalue weighted by Crippen LogP contribution is -2.20. The number of aryl methyl sites for hydroxylation is 1. The summed E-state index contributed by atoms with van der Waals surface area (Å²) in [6.07, 6.45) is 0.563. The molecule has 26 heavy (non-hydrogen) atoms. The van der Waals surface area contributed by atoms with Crippen LogP contribution in [0.15, 0.2) is 45.5 Å². The van der Waals surface area contributed by atoms with Crippen LogP contribution in [0.3, 0.4) is 0 Å². The standard InChI is InChI=1S/C17H16N4O4S/c18-14(22)9-24-13-3-1-12(2-4-13)19-15(23)5-6-16-20-21-17(25-16)11-7-8-26-10-11/h1-4,7-8,10H,5-6,9H2,(H2,18,22)(H,19,23). The number of nitrogens with zero attached hydrogens (tertiary/aromatic N) is 2. The molecule has 0 radical (unpaired) electrons. The number of nitrogens with two attached hydrogens (primary N) is 1. The topological polar surface area (TPSA) is 120 Å². The highest BCUT2D eigenvalue weighted by atomic mass is 32.1. The molecule has 0 bridgehead atoms. The quantitative estimate of drug-likeness (QED) is 0.625. The number of hydrogen-bond donors (Lipinski definition) is 2. The second kappa shape index (κ2) is 8.26. The van der Waals surface area contributed by atoms with Crippen molar-refractivity contribution in [1.82, 2.24) is 10.2 Å². The smallest absolute Gasteiger partial charge is 0.255 e. The molecule has 0 saturated heterocycles. The molecule has 0 atom stereocenters. The summed E-state index contributed by atoms with van der Waals surface area (Å²) in [7, 11) is 0. The highest BCUT2D eigenvalue weighted by Gasteiger charge is 2.11. The first-order valence-corrected chi connectivity index (χ1v) is 8.70. The van der Waals surface area contributed by atoms with Crippen molar-refractivity contribution in [1.29, 1.82) is 0 Å². The van der Waals surface area contributed by atoms with Gasteiger partial charge in [-0.3, -0.25) is 9.59 Å². The van der Waals surface area contributed by atoms with E-state index >= 15 is 0 Å². The molecule has 8 nitrogen and oxygen atoms in total. The molecule has 0 aliphatic rings. The normalized spacial score (nSPS) is 10.5. The van der Waals surface area contributed by atoms with Crippen molar-refractivity contribution in [2.45, 2.75) is 12.8 Å². The average Bonchev–Trinajstić information content (AvgIpc) is 3.30. The lowest BCUT2D eigenvalue weighted by Gasteiger charge is -2.06. The van der Waals surface area contributed by atoms with E-state index < -0.39 is 5.91 Å². The van der Waals surface area contributed by atoms with Crippen molar-refractivity contribution in [3.05, 3.63) is 47.0 Å². The maximum atomic E-state index is 12.0. The Morgan fingerprint density at radius 1 is 1.19 bits per heavy atom. The number of nitrogens with one attached hydrogen (secondary N) is 1. The highest BCUT2D eigenvalue weighted by Crippen LogP contribution is 2.21. The van der Waals surface area contributed by atoms with Crippen molar-refractivity contribution in [3.63, 3.8) is 0 Å². The van der Waals surface area contributed by atoms with Crippen molar-refractivity contribution >= 4 is 28.8 Å². The Morgan fingerprint density at radius 2 is 2.00 bits per heavy atom. The molecule has 9 heteroatoms. The zero-order valence-electron chi connectivity index (χ0n) is 13.7. The molecule has 0 fully saturated rings. The monoisotopic (exact) mass is 372 g/mol. The number of carbonyl (C=O) groups excluding carboxylic acids is 2. The molecule has 0 unspecified atom stereocenters. The van der Waals surface area contributed by atoms with E-state index in [4.69, 9.17) is 14.9 Å². The molecule has 0 aliphatic heterocycles. The first-order valence-electron chi connectivity index (χ1n) is 7.76. The highest BCUT2D eigenvalue weighted by molar-refractivity contribution is 7.08. The van der Waals surface area contributed by atoms with E-state index in [-0.39, 0.29) is 18.9 Å². The second-order valence-corrected chi connectivity index (χ2v) is 6.12. The number of rotatable bonds is 8. The lowest BCUT2D eigenvalue weighted by atomic mass is 10.2. The molecule has 1 aromatic carbocycles. The van der Waals surface area contributed by atoms with E-state index in [9.17, 15) is 9.59 Å². The van der Waals surface area contributed by atoms with Gasteiger partial charge >= 0.3 is 0 Å². The van der Waals surface area contributed by atoms with Crippen LogP contribution in [0.25, 0.3) is 11.5 Å². The predicted octanol–water partition coefficient (Wildman–Crippen LogP) is 2.23. The number of aromatic nitrogens is 2. The first kappa shape index (κ1) is 17.6. The Bertz CT molecular complexity index is 875. The van der Waals surface area contributed by atoms with Gasteiger partial charge in [-0.05, 0) is 35.7 Å². The van der Waals surface area contributed by atoms with Crippen LogP contribution in [0.4, 0.5) is 5.69 Å². The molecule has 2 amide bonds. The molecule has 3 rings (SSSR count). The van der Waals surface area contributed by atoms with E-state index in [0.717, 1.165) is 5.56 Å². The number of ether oxygens (including phenoxy) is 1. The number of primary amides is 1. The van der Waals surface area contributed by atoms with Gasteiger partial charge in [-0.2, -0.15) is 11.3 Å². The fourth-order valence-electron chi connectivity index (χ4n) is 2.09. The third-order valence-electron chi connectivity index (χ3n) is 3.32. The van der Waals surface area contributed by atoms with Gasteiger partial charge in [0.1, 0.15) is 5.75 Å². The number of amides is 2. The van der Waals surface area contributed by atoms with Crippen molar-refractivity contribution in [3.8, 4) is 17.2 Å². The van der Waals surface area contributed by atoms with E-state index in [2.05, 4.69) is 15.5 Å². The average molecular weight is 372 g/mol. The third kappa shape index (κ3) is 4.90. The minimum Gasteiger partial charge on any atom is -0.484 e. The van der Waals surface area contributed by atoms with E-state index in [1.807, 2.05) is 16.8 Å². The predicted molar refractivity (Wildman–Crippen MR) is 95.7 cm³/mol. The van der Waals surface area contributed by atoms with Crippen LogP contribution >= 0.6 is 11.3 Å². The van der Waals surface area contributed by atoms with Crippen LogP contribution in [-0.4, -0.2) is 28.6 Å². The SMILES string of the molecule is NC(=O)COc1ccc(NC(=O)CCc2nnc(-c3ccsc3)o2)cc1. The van der Waals surface area contributed by atoms with E-state index in [1.54, 1.807) is 35.6 Å². The molecular weight excluding hydrogens is 356 g/mol. The first-order chi connectivity index (χ1) is 12.6. The minimum absolute atomic E-state index is 0.175. The molecule has 0 spiro atoms. The van der Waals surface area contributed by atoms with Crippen LogP contribution in [0.5, 0.6) is 5.75 Å². The number of hydrogen-bond acceptors (Lipinski definition) is 7. The minimum atomic E-state index is -0.550. The van der Waals surface area contributed by atoms with Crippen LogP contribution in [0.2, 0.25) is 0 Å². The molecule has 3 aromatic rings. The van der Waals surface area contributed by atoms with Gasteiger partial charge in [0.05, 0.1) is 0 Å². The summed E-state index contributed by atoms with van der Waals surface area (Å²) in [5.41, 5.74) is 6.50. The van der Waals surface area contributed by atoms with Crippen molar-refractivity contribution < 1.29 is 18.7 Å². The molecule has 2 heterocycles. The van der Waals surface area contributed by atoms with Crippen LogP contribution in [0, 0.1) is 0 Å². The van der Waals surface area contributed by atoms with Crippen molar-refractivity contribution in [2.75, 3.05) is 11.9 Å². The summed E-state index contributed by atoms with van der Waals surface area (Å²) >= 11 is 1.54. The van der Waals surface area contributed by atoms with Gasteiger partial charge in [-0.15, -0.1) is 10.2 Å². The Kier molecular flexibility index (Phi) is 5.59. The maximum absolute atomic E-state index is 12.0. The van der Waals surface area contributed by atoms with Gasteiger partial charge in [0.2, 0.25) is 17.7 Å². The summed E-state index contributed by atoms with van der Waals surface area (Å²) < 4.78 is 10.7. The number of carbonyl (C=O) groups is 2. The van der Waals surface area contributed by atoms with Gasteiger partial charge in [0, 0.05) is 29.5 Å². The third-order valence-corrected chi connectivity index (χ3v) is 4.00. The molecule has 0 saturated carbocycles. The zero-order valence-corrected chi connectivity index (χ0v) is 14.5. The van der Waals surface area contributed by atoms with Gasteiger partial charge in [-0.1, -0.05) is 0 Å². The fraction of sp³-hybridized carbons (Fsp3) is 0.176. The Labute approximate surface area is 153 Å². The van der Waals surface area contributed by atoms with Gasteiger partial charge in [0.15, 0.2) is 6.61 Å². The van der Waals surface area contributed by atoms with Crippen LogP contribution in [-0.2, 0) is 16.0 Å².